The van der Waals surface area contributed by atoms with Gasteiger partial charge in [-0.25, -0.2) is 4.68 Å². The van der Waals surface area contributed by atoms with Gasteiger partial charge in [0.15, 0.2) is 0 Å². The summed E-state index contributed by atoms with van der Waals surface area (Å²) in [6.07, 6.45) is 3.82. The molecular formula is C25H30N5O3Y-. The minimum absolute atomic E-state index is 0. The Morgan fingerprint density at radius 1 is 1.18 bits per heavy atom. The smallest absolute Gasteiger partial charge is 0.117 e. The first-order valence-corrected chi connectivity index (χ1v) is 11.3. The summed E-state index contributed by atoms with van der Waals surface area (Å²) >= 11 is 0. The fourth-order valence-corrected chi connectivity index (χ4v) is 4.72. The molecule has 5 rings (SSSR count). The molecule has 9 heteroatoms. The number of methoxy groups -OCH3 is 1. The fourth-order valence-electron chi connectivity index (χ4n) is 4.72. The monoisotopic (exact) mass is 537 g/mol. The molecule has 1 aliphatic heterocycles. The number of aryl methyl sites for hydroxylation is 2. The fraction of sp³-hybridized carbons (Fsp3) is 0.440. The first kappa shape index (κ1) is 25.1. The second-order valence-electron chi connectivity index (χ2n) is 9.34. The Morgan fingerprint density at radius 2 is 1.91 bits per heavy atom. The van der Waals surface area contributed by atoms with Gasteiger partial charge in [-0.05, 0) is 62.1 Å². The third-order valence-electron chi connectivity index (χ3n) is 6.53. The SMILES string of the molecule is COc1cc(C(C)(C)O)cc2c1c1ncc(-c3c(C)nnn3C)cc1n2[CH-]C1CCOCC1.[Y]. The van der Waals surface area contributed by atoms with Gasteiger partial charge in [0.2, 0.25) is 0 Å². The molecule has 0 amide bonds. The summed E-state index contributed by atoms with van der Waals surface area (Å²) in [7, 11) is 3.55. The van der Waals surface area contributed by atoms with Crippen molar-refractivity contribution in [3.05, 3.63) is 42.2 Å². The summed E-state index contributed by atoms with van der Waals surface area (Å²) in [6, 6.07) is 6.10. The number of benzene rings is 1. The van der Waals surface area contributed by atoms with Crippen LogP contribution in [-0.2, 0) is 50.1 Å². The molecule has 0 saturated carbocycles. The maximum Gasteiger partial charge on any atom is 0.117 e. The number of aliphatic hydroxyl groups is 1. The van der Waals surface area contributed by atoms with E-state index in [2.05, 4.69) is 27.5 Å². The van der Waals surface area contributed by atoms with Crippen LogP contribution in [-0.4, -0.2) is 50.0 Å². The zero-order chi connectivity index (χ0) is 23.3. The van der Waals surface area contributed by atoms with E-state index in [1.54, 1.807) is 25.6 Å². The van der Waals surface area contributed by atoms with Crippen LogP contribution in [0, 0.1) is 19.4 Å². The quantitative estimate of drug-likeness (QED) is 0.388. The predicted octanol–water partition coefficient (Wildman–Crippen LogP) is 3.96. The first-order valence-electron chi connectivity index (χ1n) is 11.3. The molecule has 1 N–H and O–H groups in total. The minimum Gasteiger partial charge on any atom is -0.497 e. The van der Waals surface area contributed by atoms with E-state index in [1.165, 1.54) is 0 Å². The zero-order valence-electron chi connectivity index (χ0n) is 20.4. The topological polar surface area (TPSA) is 87.2 Å². The Balaban J connectivity index is 0.00000274. The van der Waals surface area contributed by atoms with Crippen molar-refractivity contribution in [2.45, 2.75) is 39.2 Å². The van der Waals surface area contributed by atoms with Crippen LogP contribution in [0.2, 0.25) is 0 Å². The van der Waals surface area contributed by atoms with Crippen LogP contribution in [0.5, 0.6) is 5.75 Å². The largest absolute Gasteiger partial charge is 0.497 e. The molecule has 3 aromatic heterocycles. The van der Waals surface area contributed by atoms with Crippen molar-refractivity contribution >= 4 is 21.9 Å². The number of fused-ring (bicyclic) bond motifs is 3. The molecule has 1 saturated heterocycles. The van der Waals surface area contributed by atoms with E-state index in [1.807, 2.05) is 32.3 Å². The van der Waals surface area contributed by atoms with Crippen molar-refractivity contribution in [2.75, 3.05) is 20.3 Å². The molecule has 1 aromatic carbocycles. The number of ether oxygens (including phenoxy) is 2. The number of rotatable bonds is 5. The van der Waals surface area contributed by atoms with Gasteiger partial charge in [0.05, 0.1) is 24.1 Å². The minimum atomic E-state index is -1.00. The van der Waals surface area contributed by atoms with Crippen molar-refractivity contribution in [1.82, 2.24) is 24.5 Å². The molecule has 1 aliphatic rings. The van der Waals surface area contributed by atoms with Crippen LogP contribution in [0.3, 0.4) is 0 Å². The molecule has 1 radical (unpaired) electrons. The molecule has 4 heterocycles. The molecule has 34 heavy (non-hydrogen) atoms. The Kier molecular flexibility index (Phi) is 7.07. The molecule has 0 unspecified atom stereocenters. The molecule has 0 bridgehead atoms. The Labute approximate surface area is 224 Å². The molecule has 8 nitrogen and oxygen atoms in total. The summed E-state index contributed by atoms with van der Waals surface area (Å²) in [5.74, 6) is 1.09. The van der Waals surface area contributed by atoms with Gasteiger partial charge in [-0.15, -0.1) is 11.6 Å². The van der Waals surface area contributed by atoms with E-state index < -0.39 is 5.60 Å². The number of aromatic nitrogens is 5. The second-order valence-corrected chi connectivity index (χ2v) is 9.34. The molecule has 1 fully saturated rings. The summed E-state index contributed by atoms with van der Waals surface area (Å²) in [6.45, 7) is 9.34. The third-order valence-corrected chi connectivity index (χ3v) is 6.53. The number of hydrogen-bond acceptors (Lipinski definition) is 6. The van der Waals surface area contributed by atoms with E-state index in [0.717, 1.165) is 70.5 Å². The zero-order valence-corrected chi connectivity index (χ0v) is 23.2. The summed E-state index contributed by atoms with van der Waals surface area (Å²) in [5, 5.41) is 20.1. The Hall–Kier alpha value is -2.00. The van der Waals surface area contributed by atoms with Crippen molar-refractivity contribution < 1.29 is 47.3 Å². The van der Waals surface area contributed by atoms with Crippen molar-refractivity contribution in [1.29, 1.82) is 0 Å². The second kappa shape index (κ2) is 9.57. The van der Waals surface area contributed by atoms with Gasteiger partial charge in [0, 0.05) is 70.2 Å². The van der Waals surface area contributed by atoms with Crippen LogP contribution in [0.1, 0.15) is 37.9 Å². The van der Waals surface area contributed by atoms with Crippen LogP contribution in [0.4, 0.5) is 0 Å². The molecule has 0 spiro atoms. The van der Waals surface area contributed by atoms with Gasteiger partial charge in [-0.2, -0.15) is 0 Å². The van der Waals surface area contributed by atoms with Crippen molar-refractivity contribution in [3.8, 4) is 17.0 Å². The standard InChI is InChI=1S/C25H30N5O3.Y/c1-15-24(29(4)28-27-15)17-10-20-23(26-13-17)22-19(30(20)14-16-6-8-33-9-7-16)11-18(25(2,3)31)12-21(22)32-5;/h10-14,16,31H,6-9H2,1-5H3;/q-1;. The molecule has 0 aliphatic carbocycles. The van der Waals surface area contributed by atoms with E-state index in [9.17, 15) is 5.11 Å². The van der Waals surface area contributed by atoms with Crippen LogP contribution < -0.4 is 4.74 Å². The van der Waals surface area contributed by atoms with E-state index in [4.69, 9.17) is 14.5 Å². The van der Waals surface area contributed by atoms with E-state index >= 15 is 0 Å². The maximum absolute atomic E-state index is 10.8. The number of nitrogens with zero attached hydrogens (tertiary/aromatic N) is 5. The average Bonchev–Trinajstić information content (AvgIpc) is 3.29. The van der Waals surface area contributed by atoms with Crippen LogP contribution in [0.25, 0.3) is 33.2 Å². The van der Waals surface area contributed by atoms with Crippen LogP contribution >= 0.6 is 0 Å². The summed E-state index contributed by atoms with van der Waals surface area (Å²) in [5.41, 5.74) is 5.37. The normalized spacial score (nSPS) is 15.0. The molecule has 177 valence electrons. The Morgan fingerprint density at radius 3 is 2.53 bits per heavy atom. The van der Waals surface area contributed by atoms with E-state index in [-0.39, 0.29) is 32.7 Å². The maximum atomic E-state index is 10.8. The van der Waals surface area contributed by atoms with Gasteiger partial charge >= 0.3 is 0 Å². The van der Waals surface area contributed by atoms with Crippen molar-refractivity contribution in [3.63, 3.8) is 0 Å². The third kappa shape index (κ3) is 4.37. The van der Waals surface area contributed by atoms with Gasteiger partial charge in [0.1, 0.15) is 5.75 Å². The predicted molar refractivity (Wildman–Crippen MR) is 127 cm³/mol. The average molecular weight is 537 g/mol. The van der Waals surface area contributed by atoms with Crippen molar-refractivity contribution in [2.24, 2.45) is 13.0 Å². The van der Waals surface area contributed by atoms with Gasteiger partial charge in [-0.1, -0.05) is 22.9 Å². The van der Waals surface area contributed by atoms with E-state index in [0.29, 0.717) is 11.7 Å². The van der Waals surface area contributed by atoms with Gasteiger partial charge in [-0.3, -0.25) is 4.98 Å². The molecule has 4 aromatic rings. The summed E-state index contributed by atoms with van der Waals surface area (Å²) < 4.78 is 15.4. The molecule has 0 atom stereocenters. The number of hydrogen-bond donors (Lipinski definition) is 1. The summed E-state index contributed by atoms with van der Waals surface area (Å²) in [4.78, 5) is 4.88. The van der Waals surface area contributed by atoms with Crippen LogP contribution in [0.15, 0.2) is 24.4 Å². The van der Waals surface area contributed by atoms with Gasteiger partial charge in [0.25, 0.3) is 0 Å². The number of pyridine rings is 1. The first-order chi connectivity index (χ1) is 15.8. The Bertz CT molecular complexity index is 1310. The molecular weight excluding hydrogens is 507 g/mol. The van der Waals surface area contributed by atoms with Gasteiger partial charge < -0.3 is 19.1 Å².